The molecule has 0 bridgehead atoms. The van der Waals surface area contributed by atoms with Crippen molar-refractivity contribution in [1.29, 1.82) is 0 Å². The highest BCUT2D eigenvalue weighted by Crippen LogP contribution is 2.35. The maximum atomic E-state index is 11.5. The summed E-state index contributed by atoms with van der Waals surface area (Å²) in [4.78, 5) is 13.7. The predicted molar refractivity (Wildman–Crippen MR) is 85.7 cm³/mol. The van der Waals surface area contributed by atoms with E-state index in [0.29, 0.717) is 13.2 Å². The van der Waals surface area contributed by atoms with Gasteiger partial charge in [0.25, 0.3) is 0 Å². The fraction of sp³-hybridized carbons (Fsp3) is 0.562. The molecule has 21 heavy (non-hydrogen) atoms. The highest BCUT2D eigenvalue weighted by molar-refractivity contribution is 9.10. The van der Waals surface area contributed by atoms with Gasteiger partial charge in [-0.05, 0) is 43.7 Å². The molecule has 0 radical (unpaired) electrons. The lowest BCUT2D eigenvalue weighted by atomic mass is 9.83. The van der Waals surface area contributed by atoms with Crippen molar-refractivity contribution in [1.82, 2.24) is 4.90 Å². The third kappa shape index (κ3) is 4.20. The van der Waals surface area contributed by atoms with E-state index in [4.69, 9.17) is 4.74 Å². The van der Waals surface area contributed by atoms with Crippen molar-refractivity contribution < 1.29 is 14.6 Å². The molecule has 1 aromatic rings. The molecule has 0 aliphatic carbocycles. The largest absolute Gasteiger partial charge is 0.492 e. The molecule has 1 aliphatic rings. The predicted octanol–water partition coefficient (Wildman–Crippen LogP) is 3.40. The second kappa shape index (κ2) is 7.27. The maximum Gasteiger partial charge on any atom is 0.310 e. The van der Waals surface area contributed by atoms with Crippen molar-refractivity contribution in [3.63, 3.8) is 0 Å². The van der Waals surface area contributed by atoms with E-state index in [1.807, 2.05) is 31.2 Å². The van der Waals surface area contributed by atoms with Crippen LogP contribution in [0.5, 0.6) is 5.75 Å². The minimum absolute atomic E-state index is 0.549. The number of nitrogens with zero attached hydrogens (tertiary/aromatic N) is 1. The Hall–Kier alpha value is -1.07. The lowest BCUT2D eigenvalue weighted by molar-refractivity contribution is -0.148. The molecular formula is C16H22BrNO3. The average molecular weight is 356 g/mol. The Bertz CT molecular complexity index is 477. The molecule has 0 aromatic heterocycles. The van der Waals surface area contributed by atoms with Gasteiger partial charge in [0.05, 0.1) is 5.41 Å². The van der Waals surface area contributed by atoms with E-state index in [0.717, 1.165) is 42.6 Å². The second-order valence-corrected chi connectivity index (χ2v) is 6.58. The van der Waals surface area contributed by atoms with Crippen LogP contribution in [0.2, 0.25) is 0 Å². The lowest BCUT2D eigenvalue weighted by Gasteiger charge is -2.24. The van der Waals surface area contributed by atoms with Crippen molar-refractivity contribution in [3.05, 3.63) is 28.7 Å². The van der Waals surface area contributed by atoms with Crippen LogP contribution in [0, 0.1) is 5.41 Å². The topological polar surface area (TPSA) is 49.8 Å². The number of ether oxygens (including phenoxy) is 1. The first kappa shape index (κ1) is 16.3. The summed E-state index contributed by atoms with van der Waals surface area (Å²) in [5, 5.41) is 9.48. The van der Waals surface area contributed by atoms with Crippen molar-refractivity contribution in [3.8, 4) is 5.75 Å². The molecule has 116 valence electrons. The third-order valence-corrected chi connectivity index (χ3v) is 4.63. The number of halogens is 1. The first-order valence-electron chi connectivity index (χ1n) is 7.40. The van der Waals surface area contributed by atoms with Gasteiger partial charge in [0.15, 0.2) is 0 Å². The SMILES string of the molecule is CCCC1(C(=O)O)CCN(CCOc2ccc(Br)cc2)C1. The van der Waals surface area contributed by atoms with Crippen LogP contribution in [-0.2, 0) is 4.79 Å². The third-order valence-electron chi connectivity index (χ3n) is 4.10. The number of carboxylic acid groups (broad SMARTS) is 1. The summed E-state index contributed by atoms with van der Waals surface area (Å²) in [5.41, 5.74) is -0.549. The van der Waals surface area contributed by atoms with E-state index in [1.165, 1.54) is 0 Å². The zero-order valence-corrected chi connectivity index (χ0v) is 13.9. The number of likely N-dealkylation sites (tertiary alicyclic amines) is 1. The normalized spacial score (nSPS) is 22.4. The van der Waals surface area contributed by atoms with Crippen molar-refractivity contribution in [2.24, 2.45) is 5.41 Å². The summed E-state index contributed by atoms with van der Waals surface area (Å²) in [7, 11) is 0. The van der Waals surface area contributed by atoms with Gasteiger partial charge in [-0.3, -0.25) is 9.69 Å². The Morgan fingerprint density at radius 1 is 1.43 bits per heavy atom. The highest BCUT2D eigenvalue weighted by Gasteiger charge is 2.43. The Morgan fingerprint density at radius 2 is 2.14 bits per heavy atom. The number of carbonyl (C=O) groups is 1. The van der Waals surface area contributed by atoms with Gasteiger partial charge in [0.2, 0.25) is 0 Å². The molecule has 5 heteroatoms. The van der Waals surface area contributed by atoms with Gasteiger partial charge in [0, 0.05) is 17.6 Å². The second-order valence-electron chi connectivity index (χ2n) is 5.66. The Balaban J connectivity index is 1.80. The number of benzene rings is 1. The minimum atomic E-state index is -0.652. The van der Waals surface area contributed by atoms with Crippen LogP contribution in [0.4, 0.5) is 0 Å². The van der Waals surface area contributed by atoms with E-state index < -0.39 is 11.4 Å². The molecule has 0 spiro atoms. The van der Waals surface area contributed by atoms with Crippen LogP contribution in [0.25, 0.3) is 0 Å². The Kier molecular flexibility index (Phi) is 5.65. The van der Waals surface area contributed by atoms with Crippen molar-refractivity contribution in [2.75, 3.05) is 26.2 Å². The van der Waals surface area contributed by atoms with E-state index in [2.05, 4.69) is 20.8 Å². The number of rotatable bonds is 7. The molecule has 1 aromatic carbocycles. The number of hydrogen-bond donors (Lipinski definition) is 1. The summed E-state index contributed by atoms with van der Waals surface area (Å²) >= 11 is 3.39. The lowest BCUT2D eigenvalue weighted by Crippen LogP contribution is -2.35. The molecule has 2 rings (SSSR count). The standard InChI is InChI=1S/C16H22BrNO3/c1-2-7-16(15(19)20)8-9-18(12-16)10-11-21-14-5-3-13(17)4-6-14/h3-6H,2,7-12H2,1H3,(H,19,20). The van der Waals surface area contributed by atoms with Crippen LogP contribution in [-0.4, -0.2) is 42.2 Å². The van der Waals surface area contributed by atoms with Gasteiger partial charge < -0.3 is 9.84 Å². The fourth-order valence-electron chi connectivity index (χ4n) is 2.94. The molecular weight excluding hydrogens is 334 g/mol. The minimum Gasteiger partial charge on any atom is -0.492 e. The Labute approximate surface area is 134 Å². The molecule has 1 fully saturated rings. The zero-order chi connectivity index (χ0) is 15.3. The van der Waals surface area contributed by atoms with Gasteiger partial charge in [-0.1, -0.05) is 29.3 Å². The maximum absolute atomic E-state index is 11.5. The van der Waals surface area contributed by atoms with Crippen LogP contribution >= 0.6 is 15.9 Å². The summed E-state index contributed by atoms with van der Waals surface area (Å²) in [6.45, 7) is 4.89. The van der Waals surface area contributed by atoms with E-state index in [1.54, 1.807) is 0 Å². The fourth-order valence-corrected chi connectivity index (χ4v) is 3.20. The van der Waals surface area contributed by atoms with Crippen molar-refractivity contribution in [2.45, 2.75) is 26.2 Å². The quantitative estimate of drug-likeness (QED) is 0.814. The number of carboxylic acids is 1. The summed E-state index contributed by atoms with van der Waals surface area (Å²) < 4.78 is 6.73. The molecule has 1 N–H and O–H groups in total. The summed E-state index contributed by atoms with van der Waals surface area (Å²) in [6, 6.07) is 7.74. The van der Waals surface area contributed by atoms with E-state index >= 15 is 0 Å². The van der Waals surface area contributed by atoms with Crippen LogP contribution in [0.3, 0.4) is 0 Å². The first-order valence-corrected chi connectivity index (χ1v) is 8.19. The average Bonchev–Trinajstić information content (AvgIpc) is 2.86. The molecule has 0 amide bonds. The molecule has 1 saturated heterocycles. The molecule has 1 unspecified atom stereocenters. The molecule has 1 heterocycles. The van der Waals surface area contributed by atoms with E-state index in [9.17, 15) is 9.90 Å². The Morgan fingerprint density at radius 3 is 2.76 bits per heavy atom. The molecule has 1 atom stereocenters. The van der Waals surface area contributed by atoms with Crippen molar-refractivity contribution >= 4 is 21.9 Å². The van der Waals surface area contributed by atoms with Crippen LogP contribution in [0.1, 0.15) is 26.2 Å². The molecule has 1 aliphatic heterocycles. The van der Waals surface area contributed by atoms with E-state index in [-0.39, 0.29) is 0 Å². The summed E-state index contributed by atoms with van der Waals surface area (Å²) in [6.07, 6.45) is 2.41. The number of hydrogen-bond acceptors (Lipinski definition) is 3. The van der Waals surface area contributed by atoms with Gasteiger partial charge in [-0.15, -0.1) is 0 Å². The van der Waals surface area contributed by atoms with Crippen LogP contribution < -0.4 is 4.74 Å². The monoisotopic (exact) mass is 355 g/mol. The highest BCUT2D eigenvalue weighted by atomic mass is 79.9. The zero-order valence-electron chi connectivity index (χ0n) is 12.3. The van der Waals surface area contributed by atoms with Gasteiger partial charge in [-0.25, -0.2) is 0 Å². The van der Waals surface area contributed by atoms with Gasteiger partial charge >= 0.3 is 5.97 Å². The smallest absolute Gasteiger partial charge is 0.310 e. The summed E-state index contributed by atoms with van der Waals surface area (Å²) in [5.74, 6) is 0.191. The van der Waals surface area contributed by atoms with Gasteiger partial charge in [-0.2, -0.15) is 0 Å². The first-order chi connectivity index (χ1) is 10.1. The van der Waals surface area contributed by atoms with Crippen LogP contribution in [0.15, 0.2) is 28.7 Å². The van der Waals surface area contributed by atoms with Gasteiger partial charge in [0.1, 0.15) is 12.4 Å². The number of aliphatic carboxylic acids is 1. The molecule has 4 nitrogen and oxygen atoms in total. The molecule has 0 saturated carbocycles.